The number of rotatable bonds is 7. The number of aromatic nitrogens is 2. The van der Waals surface area contributed by atoms with Crippen LogP contribution in [0, 0.1) is 13.8 Å². The van der Waals surface area contributed by atoms with Crippen LogP contribution in [0.5, 0.6) is 0 Å². The Morgan fingerprint density at radius 3 is 2.41 bits per heavy atom. The van der Waals surface area contributed by atoms with Gasteiger partial charge in [0.05, 0.1) is 12.4 Å². The molecule has 0 saturated heterocycles. The van der Waals surface area contributed by atoms with Gasteiger partial charge in [0, 0.05) is 37.2 Å². The molecule has 5 heteroatoms. The van der Waals surface area contributed by atoms with Crippen molar-refractivity contribution in [3.63, 3.8) is 0 Å². The molecular weight excluding hydrogens is 234 g/mol. The van der Waals surface area contributed by atoms with Crippen molar-refractivity contribution >= 4 is 11.8 Å². The summed E-state index contributed by atoms with van der Waals surface area (Å²) in [4.78, 5) is 9.04. The second-order valence-electron chi connectivity index (χ2n) is 3.89. The molecule has 0 bridgehead atoms. The predicted octanol–water partition coefficient (Wildman–Crippen LogP) is 1.69. The van der Waals surface area contributed by atoms with Gasteiger partial charge in [-0.05, 0) is 20.1 Å². The van der Waals surface area contributed by atoms with Gasteiger partial charge < -0.3 is 10.1 Å². The fourth-order valence-electron chi connectivity index (χ4n) is 1.65. The first-order valence-corrected chi connectivity index (χ1v) is 7.10. The van der Waals surface area contributed by atoms with Gasteiger partial charge in [0.25, 0.3) is 0 Å². The molecule has 4 nitrogen and oxygen atoms in total. The topological polar surface area (TPSA) is 47.0 Å². The van der Waals surface area contributed by atoms with E-state index in [1.807, 2.05) is 13.8 Å². The van der Waals surface area contributed by atoms with Crippen molar-refractivity contribution < 1.29 is 4.74 Å². The third-order valence-electron chi connectivity index (χ3n) is 2.53. The molecule has 1 aromatic heterocycles. The molecule has 0 radical (unpaired) electrons. The zero-order valence-corrected chi connectivity index (χ0v) is 11.9. The van der Waals surface area contributed by atoms with Crippen molar-refractivity contribution in [2.75, 3.05) is 26.5 Å². The normalized spacial score (nSPS) is 10.8. The summed E-state index contributed by atoms with van der Waals surface area (Å²) in [7, 11) is 1.71. The summed E-state index contributed by atoms with van der Waals surface area (Å²) in [6.07, 6.45) is 2.06. The minimum atomic E-state index is 0.726. The molecule has 1 heterocycles. The van der Waals surface area contributed by atoms with Crippen LogP contribution in [0.3, 0.4) is 0 Å². The Kier molecular flexibility index (Phi) is 6.47. The molecule has 1 rings (SSSR count). The predicted molar refractivity (Wildman–Crippen MR) is 72.3 cm³/mol. The number of nitrogens with one attached hydrogen (secondary N) is 1. The maximum atomic E-state index is 4.99. The first kappa shape index (κ1) is 14.4. The Morgan fingerprint density at radius 2 is 1.88 bits per heavy atom. The van der Waals surface area contributed by atoms with E-state index in [4.69, 9.17) is 4.74 Å². The van der Waals surface area contributed by atoms with Gasteiger partial charge in [-0.2, -0.15) is 11.8 Å². The Morgan fingerprint density at radius 1 is 1.24 bits per heavy atom. The van der Waals surface area contributed by atoms with Crippen LogP contribution in [0.25, 0.3) is 0 Å². The fraction of sp³-hybridized carbons (Fsp3) is 0.667. The highest BCUT2D eigenvalue weighted by molar-refractivity contribution is 7.97. The summed E-state index contributed by atoms with van der Waals surface area (Å²) >= 11 is 1.75. The minimum Gasteiger partial charge on any atom is -0.383 e. The van der Waals surface area contributed by atoms with Crippen LogP contribution in [0.2, 0.25) is 0 Å². The number of ether oxygens (including phenoxy) is 1. The van der Waals surface area contributed by atoms with Crippen molar-refractivity contribution in [1.29, 1.82) is 0 Å². The lowest BCUT2D eigenvalue weighted by Crippen LogP contribution is -2.20. The third kappa shape index (κ3) is 4.61. The average Bonchev–Trinajstić information content (AvgIpc) is 2.27. The number of aryl methyl sites for hydroxylation is 2. The molecule has 0 atom stereocenters. The monoisotopic (exact) mass is 255 g/mol. The highest BCUT2D eigenvalue weighted by Crippen LogP contribution is 2.12. The quantitative estimate of drug-likeness (QED) is 0.751. The molecule has 0 unspecified atom stereocenters. The molecule has 0 aliphatic heterocycles. The van der Waals surface area contributed by atoms with Gasteiger partial charge in [-0.15, -0.1) is 0 Å². The summed E-state index contributed by atoms with van der Waals surface area (Å²) in [6.45, 7) is 6.48. The van der Waals surface area contributed by atoms with Crippen LogP contribution in [0.1, 0.15) is 22.8 Å². The van der Waals surface area contributed by atoms with Crippen LogP contribution in [0.4, 0.5) is 0 Å². The van der Waals surface area contributed by atoms with E-state index in [9.17, 15) is 0 Å². The summed E-state index contributed by atoms with van der Waals surface area (Å²) in [5, 5.41) is 3.33. The van der Waals surface area contributed by atoms with Gasteiger partial charge in [0.1, 0.15) is 5.82 Å². The molecule has 0 saturated carbocycles. The van der Waals surface area contributed by atoms with Crippen LogP contribution in [-0.2, 0) is 17.0 Å². The van der Waals surface area contributed by atoms with Crippen molar-refractivity contribution in [3.8, 4) is 0 Å². The molecule has 0 aliphatic rings. The standard InChI is InChI=1S/C12H21N3OS/c1-9-11(7-13-5-6-16-3)10(2)15-12(14-9)8-17-4/h13H,5-8H2,1-4H3. The van der Waals surface area contributed by atoms with E-state index in [0.717, 1.165) is 42.7 Å². The van der Waals surface area contributed by atoms with E-state index in [1.165, 1.54) is 5.56 Å². The van der Waals surface area contributed by atoms with E-state index >= 15 is 0 Å². The SMILES string of the molecule is COCCNCc1c(C)nc(CSC)nc1C. The van der Waals surface area contributed by atoms with Crippen molar-refractivity contribution in [2.45, 2.75) is 26.1 Å². The Labute approximate surface area is 108 Å². The van der Waals surface area contributed by atoms with Crippen molar-refractivity contribution in [2.24, 2.45) is 0 Å². The molecule has 0 fully saturated rings. The number of hydrogen-bond donors (Lipinski definition) is 1. The molecule has 1 aromatic rings. The lowest BCUT2D eigenvalue weighted by Gasteiger charge is -2.11. The molecule has 0 spiro atoms. The summed E-state index contributed by atoms with van der Waals surface area (Å²) in [5.41, 5.74) is 3.35. The zero-order valence-electron chi connectivity index (χ0n) is 11.0. The van der Waals surface area contributed by atoms with Crippen LogP contribution in [0.15, 0.2) is 0 Å². The Hall–Kier alpha value is -0.650. The van der Waals surface area contributed by atoms with Crippen LogP contribution >= 0.6 is 11.8 Å². The first-order valence-electron chi connectivity index (χ1n) is 5.70. The molecule has 0 aliphatic carbocycles. The van der Waals surface area contributed by atoms with Gasteiger partial charge in [0.15, 0.2) is 0 Å². The van der Waals surface area contributed by atoms with E-state index in [0.29, 0.717) is 0 Å². The molecule has 1 N–H and O–H groups in total. The summed E-state index contributed by atoms with van der Waals surface area (Å²) < 4.78 is 4.99. The zero-order chi connectivity index (χ0) is 12.7. The minimum absolute atomic E-state index is 0.726. The van der Waals surface area contributed by atoms with Gasteiger partial charge in [-0.1, -0.05) is 0 Å². The number of nitrogens with zero attached hydrogens (tertiary/aromatic N) is 2. The molecular formula is C12H21N3OS. The van der Waals surface area contributed by atoms with Crippen LogP contribution in [-0.4, -0.2) is 36.5 Å². The lowest BCUT2D eigenvalue weighted by molar-refractivity contribution is 0.199. The maximum absolute atomic E-state index is 4.99. The number of hydrogen-bond acceptors (Lipinski definition) is 5. The number of methoxy groups -OCH3 is 1. The van der Waals surface area contributed by atoms with Crippen LogP contribution < -0.4 is 5.32 Å². The molecule has 17 heavy (non-hydrogen) atoms. The second kappa shape index (κ2) is 7.63. The average molecular weight is 255 g/mol. The second-order valence-corrected chi connectivity index (χ2v) is 4.76. The summed E-state index contributed by atoms with van der Waals surface area (Å²) in [5.74, 6) is 1.80. The first-order chi connectivity index (χ1) is 8.19. The molecule has 96 valence electrons. The van der Waals surface area contributed by atoms with Gasteiger partial charge in [-0.25, -0.2) is 9.97 Å². The highest BCUT2D eigenvalue weighted by Gasteiger charge is 2.07. The fourth-order valence-corrected chi connectivity index (χ4v) is 2.03. The number of thioether (sulfide) groups is 1. The summed E-state index contributed by atoms with van der Waals surface area (Å²) in [6, 6.07) is 0. The van der Waals surface area contributed by atoms with Crippen molar-refractivity contribution in [1.82, 2.24) is 15.3 Å². The van der Waals surface area contributed by atoms with E-state index in [-0.39, 0.29) is 0 Å². The van der Waals surface area contributed by atoms with E-state index < -0.39 is 0 Å². The van der Waals surface area contributed by atoms with Crippen molar-refractivity contribution in [3.05, 3.63) is 22.8 Å². The van der Waals surface area contributed by atoms with Gasteiger partial charge in [-0.3, -0.25) is 0 Å². The lowest BCUT2D eigenvalue weighted by atomic mass is 10.1. The largest absolute Gasteiger partial charge is 0.383 e. The van der Waals surface area contributed by atoms with E-state index in [2.05, 4.69) is 21.5 Å². The maximum Gasteiger partial charge on any atom is 0.138 e. The van der Waals surface area contributed by atoms with E-state index in [1.54, 1.807) is 18.9 Å². The third-order valence-corrected chi connectivity index (χ3v) is 3.07. The van der Waals surface area contributed by atoms with Gasteiger partial charge >= 0.3 is 0 Å². The molecule has 0 aromatic carbocycles. The molecule has 0 amide bonds. The Bertz CT molecular complexity index is 335. The Balaban J connectivity index is 2.65. The van der Waals surface area contributed by atoms with Gasteiger partial charge in [0.2, 0.25) is 0 Å². The highest BCUT2D eigenvalue weighted by atomic mass is 32.2. The smallest absolute Gasteiger partial charge is 0.138 e.